The van der Waals surface area contributed by atoms with E-state index >= 15 is 0 Å². The molecule has 8 heavy (non-hydrogen) atoms. The van der Waals surface area contributed by atoms with Crippen molar-refractivity contribution in [3.05, 3.63) is 0 Å². The van der Waals surface area contributed by atoms with Gasteiger partial charge in [-0.15, -0.1) is 12.3 Å². The van der Waals surface area contributed by atoms with Crippen molar-refractivity contribution in [2.45, 2.75) is 6.42 Å². The minimum Gasteiger partial charge on any atom is -0.302 e. The Labute approximate surface area is 53.8 Å². The maximum atomic E-state index is 9.70. The Balaban J connectivity index is 2.74. The number of carbonyl (C=O) groups is 1. The van der Waals surface area contributed by atoms with E-state index in [4.69, 9.17) is 6.42 Å². The van der Waals surface area contributed by atoms with E-state index in [1.165, 1.54) is 0 Å². The fourth-order valence-electron chi connectivity index (χ4n) is 0.263. The molecule has 0 fully saturated rings. The minimum atomic E-state index is 0.571. The van der Waals surface area contributed by atoms with Crippen LogP contribution in [-0.2, 0) is 4.79 Å². The molecule has 0 radical (unpaired) electrons. The first-order valence-electron chi connectivity index (χ1n) is 2.36. The van der Waals surface area contributed by atoms with Crippen LogP contribution in [0.15, 0.2) is 0 Å². The molecule has 0 aliphatic carbocycles. The van der Waals surface area contributed by atoms with Gasteiger partial charge in [0.2, 0.25) is 0 Å². The molecule has 0 amide bonds. The molecule has 0 aliphatic heterocycles. The second-order valence-corrected chi connectivity index (χ2v) is 2.35. The van der Waals surface area contributed by atoms with Crippen LogP contribution in [0.25, 0.3) is 0 Å². The van der Waals surface area contributed by atoms with Gasteiger partial charge in [0, 0.05) is 17.9 Å². The Hall–Kier alpha value is -0.420. The molecule has 44 valence electrons. The van der Waals surface area contributed by atoms with Crippen molar-refractivity contribution in [1.82, 2.24) is 0 Å². The van der Waals surface area contributed by atoms with Gasteiger partial charge in [-0.3, -0.25) is 0 Å². The van der Waals surface area contributed by atoms with Gasteiger partial charge in [-0.1, -0.05) is 0 Å². The van der Waals surface area contributed by atoms with Crippen molar-refractivity contribution in [3.8, 4) is 12.3 Å². The predicted octanol–water partition coefficient (Wildman–Crippen LogP) is 0.942. The molecule has 0 aromatic heterocycles. The monoisotopic (exact) mass is 128 g/mol. The van der Waals surface area contributed by atoms with Gasteiger partial charge in [-0.05, 0) is 0 Å². The van der Waals surface area contributed by atoms with Crippen molar-refractivity contribution < 1.29 is 4.79 Å². The number of carbonyl (C=O) groups excluding carboxylic acids is 1. The first kappa shape index (κ1) is 7.58. The van der Waals surface area contributed by atoms with Crippen LogP contribution in [0.3, 0.4) is 0 Å². The van der Waals surface area contributed by atoms with Crippen LogP contribution in [0.1, 0.15) is 6.42 Å². The largest absolute Gasteiger partial charge is 0.302 e. The molecule has 0 bridgehead atoms. The molecule has 0 N–H and O–H groups in total. The number of aldehydes is 1. The van der Waals surface area contributed by atoms with Crippen molar-refractivity contribution in [2.75, 3.05) is 11.5 Å². The van der Waals surface area contributed by atoms with Gasteiger partial charge in [0.15, 0.2) is 0 Å². The van der Waals surface area contributed by atoms with E-state index in [0.29, 0.717) is 5.75 Å². The summed E-state index contributed by atoms with van der Waals surface area (Å²) in [4.78, 5) is 9.70. The van der Waals surface area contributed by atoms with Gasteiger partial charge in [0.25, 0.3) is 0 Å². The minimum absolute atomic E-state index is 0.571. The third-order valence-corrected chi connectivity index (χ3v) is 1.44. The standard InChI is InChI=1S/C6H8OS/c1-2-3-5-8-6-4-7/h1,4H,3,5-6H2. The first-order chi connectivity index (χ1) is 3.91. The highest BCUT2D eigenvalue weighted by Crippen LogP contribution is 1.97. The fourth-order valence-corrected chi connectivity index (χ4v) is 0.788. The lowest BCUT2D eigenvalue weighted by atomic mass is 10.5. The molecule has 0 rings (SSSR count). The van der Waals surface area contributed by atoms with Crippen molar-refractivity contribution in [1.29, 1.82) is 0 Å². The average molecular weight is 128 g/mol. The van der Waals surface area contributed by atoms with E-state index in [2.05, 4.69) is 5.92 Å². The number of hydrogen-bond acceptors (Lipinski definition) is 2. The molecule has 0 atom stereocenters. The highest BCUT2D eigenvalue weighted by atomic mass is 32.2. The second-order valence-electron chi connectivity index (χ2n) is 1.20. The maximum absolute atomic E-state index is 9.70. The Morgan fingerprint density at radius 1 is 1.75 bits per heavy atom. The maximum Gasteiger partial charge on any atom is 0.129 e. The lowest BCUT2D eigenvalue weighted by Crippen LogP contribution is -1.80. The third kappa shape index (κ3) is 5.58. The summed E-state index contributed by atoms with van der Waals surface area (Å²) in [6.45, 7) is 0. The lowest BCUT2D eigenvalue weighted by Gasteiger charge is -1.86. The van der Waals surface area contributed by atoms with Crippen molar-refractivity contribution in [3.63, 3.8) is 0 Å². The number of terminal acetylenes is 1. The Morgan fingerprint density at radius 2 is 2.50 bits per heavy atom. The molecule has 0 aliphatic rings. The van der Waals surface area contributed by atoms with Crippen LogP contribution in [0.4, 0.5) is 0 Å². The van der Waals surface area contributed by atoms with E-state index in [-0.39, 0.29) is 0 Å². The van der Waals surface area contributed by atoms with Crippen LogP contribution < -0.4 is 0 Å². The van der Waals surface area contributed by atoms with Gasteiger partial charge >= 0.3 is 0 Å². The third-order valence-electron chi connectivity index (χ3n) is 0.577. The average Bonchev–Trinajstić information content (AvgIpc) is 1.81. The summed E-state index contributed by atoms with van der Waals surface area (Å²) in [7, 11) is 0. The van der Waals surface area contributed by atoms with Crippen LogP contribution >= 0.6 is 11.8 Å². The van der Waals surface area contributed by atoms with E-state index in [9.17, 15) is 4.79 Å². The van der Waals surface area contributed by atoms with Gasteiger partial charge in [-0.25, -0.2) is 0 Å². The molecule has 0 heterocycles. The molecular weight excluding hydrogens is 120 g/mol. The zero-order valence-corrected chi connectivity index (χ0v) is 5.41. The van der Waals surface area contributed by atoms with Crippen molar-refractivity contribution in [2.24, 2.45) is 0 Å². The quantitative estimate of drug-likeness (QED) is 0.318. The zero-order valence-electron chi connectivity index (χ0n) is 4.59. The van der Waals surface area contributed by atoms with Crippen LogP contribution in [0, 0.1) is 12.3 Å². The molecule has 1 nitrogen and oxygen atoms in total. The number of rotatable bonds is 4. The Kier molecular flexibility index (Phi) is 6.23. The SMILES string of the molecule is C#CCCSCC=O. The smallest absolute Gasteiger partial charge is 0.129 e. The normalized spacial score (nSPS) is 7.88. The summed E-state index contributed by atoms with van der Waals surface area (Å²) in [5.74, 6) is 3.96. The number of hydrogen-bond donors (Lipinski definition) is 0. The van der Waals surface area contributed by atoms with E-state index in [1.807, 2.05) is 0 Å². The summed E-state index contributed by atoms with van der Waals surface area (Å²) < 4.78 is 0. The van der Waals surface area contributed by atoms with Crippen molar-refractivity contribution >= 4 is 18.0 Å². The molecule has 0 aromatic carbocycles. The summed E-state index contributed by atoms with van der Waals surface area (Å²) in [6, 6.07) is 0. The molecule has 0 saturated carbocycles. The second kappa shape index (κ2) is 6.58. The summed E-state index contributed by atoms with van der Waals surface area (Å²) in [5, 5.41) is 0. The Bertz CT molecular complexity index is 93.2. The van der Waals surface area contributed by atoms with Crippen LogP contribution in [0.5, 0.6) is 0 Å². The fraction of sp³-hybridized carbons (Fsp3) is 0.500. The lowest BCUT2D eigenvalue weighted by molar-refractivity contribution is -0.105. The highest BCUT2D eigenvalue weighted by molar-refractivity contribution is 7.99. The van der Waals surface area contributed by atoms with E-state index < -0.39 is 0 Å². The molecule has 0 unspecified atom stereocenters. The van der Waals surface area contributed by atoms with E-state index in [0.717, 1.165) is 18.5 Å². The molecule has 0 spiro atoms. The van der Waals surface area contributed by atoms with E-state index in [1.54, 1.807) is 11.8 Å². The molecule has 0 saturated heterocycles. The summed E-state index contributed by atoms with van der Waals surface area (Å²) in [6.07, 6.45) is 6.61. The summed E-state index contributed by atoms with van der Waals surface area (Å²) >= 11 is 1.57. The molecule has 0 aromatic rings. The number of thioether (sulfide) groups is 1. The van der Waals surface area contributed by atoms with Gasteiger partial charge in [0.05, 0.1) is 0 Å². The van der Waals surface area contributed by atoms with Crippen LogP contribution in [-0.4, -0.2) is 17.8 Å². The zero-order chi connectivity index (χ0) is 6.24. The highest BCUT2D eigenvalue weighted by Gasteiger charge is 1.81. The van der Waals surface area contributed by atoms with Gasteiger partial charge in [0.1, 0.15) is 6.29 Å². The van der Waals surface area contributed by atoms with Crippen LogP contribution in [0.2, 0.25) is 0 Å². The first-order valence-corrected chi connectivity index (χ1v) is 3.52. The topological polar surface area (TPSA) is 17.1 Å². The predicted molar refractivity (Wildman–Crippen MR) is 36.8 cm³/mol. The van der Waals surface area contributed by atoms with Gasteiger partial charge < -0.3 is 4.79 Å². The Morgan fingerprint density at radius 3 is 3.00 bits per heavy atom. The molecule has 2 heteroatoms. The molecular formula is C6H8OS. The van der Waals surface area contributed by atoms with Gasteiger partial charge in [-0.2, -0.15) is 11.8 Å². The summed E-state index contributed by atoms with van der Waals surface area (Å²) in [5.41, 5.74) is 0.